The molecule has 1 amide bonds. The molecule has 0 bridgehead atoms. The third-order valence-corrected chi connectivity index (χ3v) is 4.66. The van der Waals surface area contributed by atoms with Gasteiger partial charge in [0.25, 0.3) is 0 Å². The van der Waals surface area contributed by atoms with Crippen LogP contribution in [0.2, 0.25) is 0 Å². The van der Waals surface area contributed by atoms with Gasteiger partial charge >= 0.3 is 0 Å². The predicted molar refractivity (Wildman–Crippen MR) is 83.7 cm³/mol. The Hall–Kier alpha value is -0.570. The van der Waals surface area contributed by atoms with Crippen molar-refractivity contribution in [3.8, 4) is 0 Å². The Morgan fingerprint density at radius 1 is 1.00 bits per heavy atom. The first-order chi connectivity index (χ1) is 9.47. The van der Waals surface area contributed by atoms with Crippen LogP contribution in [0.15, 0.2) is 0 Å². The van der Waals surface area contributed by atoms with Crippen molar-refractivity contribution >= 4 is 5.91 Å². The number of rotatable bonds is 2. The molecule has 2 aliphatic heterocycles. The van der Waals surface area contributed by atoms with Crippen molar-refractivity contribution in [3.05, 3.63) is 0 Å². The average molecular weight is 280 g/mol. The topological polar surface area (TPSA) is 23.6 Å². The van der Waals surface area contributed by atoms with Crippen molar-refractivity contribution in [3.63, 3.8) is 0 Å². The highest BCUT2D eigenvalue weighted by Gasteiger charge is 2.31. The highest BCUT2D eigenvalue weighted by Crippen LogP contribution is 2.24. The number of hydrogen-bond donors (Lipinski definition) is 0. The Morgan fingerprint density at radius 2 is 1.65 bits per heavy atom. The van der Waals surface area contributed by atoms with Crippen LogP contribution in [-0.4, -0.2) is 48.4 Å². The zero-order valence-electron chi connectivity index (χ0n) is 13.7. The Kier molecular flexibility index (Phi) is 5.48. The Bertz CT molecular complexity index is 313. The van der Waals surface area contributed by atoms with Gasteiger partial charge in [-0.05, 0) is 44.7 Å². The molecule has 2 heterocycles. The van der Waals surface area contributed by atoms with E-state index in [4.69, 9.17) is 0 Å². The molecule has 3 heteroatoms. The summed E-state index contributed by atoms with van der Waals surface area (Å²) in [6.45, 7) is 11.8. The van der Waals surface area contributed by atoms with Crippen LogP contribution in [-0.2, 0) is 4.79 Å². The molecule has 0 radical (unpaired) electrons. The summed E-state index contributed by atoms with van der Waals surface area (Å²) in [5.74, 6) is 1.02. The molecular formula is C17H32N2O. The summed E-state index contributed by atoms with van der Waals surface area (Å²) in [5.41, 5.74) is -0.232. The van der Waals surface area contributed by atoms with E-state index in [1.165, 1.54) is 58.2 Å². The monoisotopic (exact) mass is 280 g/mol. The van der Waals surface area contributed by atoms with Gasteiger partial charge in [0.1, 0.15) is 0 Å². The Labute approximate surface area is 124 Å². The maximum Gasteiger partial charge on any atom is 0.227 e. The van der Waals surface area contributed by atoms with E-state index in [0.717, 1.165) is 13.1 Å². The van der Waals surface area contributed by atoms with Crippen LogP contribution >= 0.6 is 0 Å². The van der Waals surface area contributed by atoms with E-state index in [1.54, 1.807) is 0 Å². The molecular weight excluding hydrogens is 248 g/mol. The van der Waals surface area contributed by atoms with Crippen molar-refractivity contribution in [1.29, 1.82) is 0 Å². The van der Waals surface area contributed by atoms with E-state index in [1.807, 2.05) is 20.8 Å². The number of likely N-dealkylation sites (tertiary alicyclic amines) is 2. The second kappa shape index (κ2) is 6.93. The zero-order valence-corrected chi connectivity index (χ0v) is 13.7. The molecule has 0 saturated carbocycles. The van der Waals surface area contributed by atoms with Crippen LogP contribution in [0.1, 0.15) is 59.3 Å². The number of amides is 1. The first kappa shape index (κ1) is 15.8. The standard InChI is InChI=1S/C17H32N2O/c1-17(2,3)16(20)19-12-8-9-15(14-19)13-18-10-6-4-5-7-11-18/h15H,4-14H2,1-3H3/t15-/m1/s1. The highest BCUT2D eigenvalue weighted by atomic mass is 16.2. The van der Waals surface area contributed by atoms with Crippen LogP contribution < -0.4 is 0 Å². The summed E-state index contributed by atoms with van der Waals surface area (Å²) < 4.78 is 0. The molecule has 0 aromatic carbocycles. The molecule has 0 unspecified atom stereocenters. The number of hydrogen-bond acceptors (Lipinski definition) is 2. The first-order valence-corrected chi connectivity index (χ1v) is 8.48. The Morgan fingerprint density at radius 3 is 2.25 bits per heavy atom. The van der Waals surface area contributed by atoms with Gasteiger partial charge < -0.3 is 9.80 Å². The summed E-state index contributed by atoms with van der Waals surface area (Å²) in [6, 6.07) is 0. The molecule has 2 aliphatic rings. The number of nitrogens with zero attached hydrogens (tertiary/aromatic N) is 2. The smallest absolute Gasteiger partial charge is 0.227 e. The molecule has 2 fully saturated rings. The molecule has 2 rings (SSSR count). The van der Waals surface area contributed by atoms with Crippen molar-refractivity contribution in [1.82, 2.24) is 9.80 Å². The number of carbonyl (C=O) groups excluding carboxylic acids is 1. The summed E-state index contributed by atoms with van der Waals surface area (Å²) in [6.07, 6.45) is 7.99. The fraction of sp³-hybridized carbons (Fsp3) is 0.941. The van der Waals surface area contributed by atoms with Crippen LogP contribution in [0.3, 0.4) is 0 Å². The van der Waals surface area contributed by atoms with Gasteiger partial charge in [-0.1, -0.05) is 33.6 Å². The largest absolute Gasteiger partial charge is 0.342 e. The highest BCUT2D eigenvalue weighted by molar-refractivity contribution is 5.81. The maximum atomic E-state index is 12.4. The molecule has 0 aromatic heterocycles. The van der Waals surface area contributed by atoms with E-state index in [2.05, 4.69) is 9.80 Å². The minimum absolute atomic E-state index is 0.232. The fourth-order valence-electron chi connectivity index (χ4n) is 3.56. The first-order valence-electron chi connectivity index (χ1n) is 8.48. The zero-order chi connectivity index (χ0) is 14.6. The van der Waals surface area contributed by atoms with E-state index in [-0.39, 0.29) is 5.41 Å². The average Bonchev–Trinajstić information content (AvgIpc) is 2.66. The molecule has 0 aromatic rings. The van der Waals surface area contributed by atoms with Gasteiger partial charge in [-0.3, -0.25) is 4.79 Å². The fourth-order valence-corrected chi connectivity index (χ4v) is 3.56. The summed E-state index contributed by atoms with van der Waals surface area (Å²) >= 11 is 0. The van der Waals surface area contributed by atoms with Crippen LogP contribution in [0, 0.1) is 11.3 Å². The number of piperidine rings is 1. The lowest BCUT2D eigenvalue weighted by atomic mass is 9.91. The molecule has 116 valence electrons. The quantitative estimate of drug-likeness (QED) is 0.776. The van der Waals surface area contributed by atoms with Crippen molar-refractivity contribution < 1.29 is 4.79 Å². The van der Waals surface area contributed by atoms with Crippen molar-refractivity contribution in [2.45, 2.75) is 59.3 Å². The predicted octanol–water partition coefficient (Wildman–Crippen LogP) is 3.15. The lowest BCUT2D eigenvalue weighted by Crippen LogP contribution is -2.47. The summed E-state index contributed by atoms with van der Waals surface area (Å²) in [4.78, 5) is 17.2. The summed E-state index contributed by atoms with van der Waals surface area (Å²) in [7, 11) is 0. The van der Waals surface area contributed by atoms with Crippen molar-refractivity contribution in [2.75, 3.05) is 32.7 Å². The minimum atomic E-state index is -0.232. The minimum Gasteiger partial charge on any atom is -0.342 e. The molecule has 20 heavy (non-hydrogen) atoms. The lowest BCUT2D eigenvalue weighted by molar-refractivity contribution is -0.141. The van der Waals surface area contributed by atoms with Crippen molar-refractivity contribution in [2.24, 2.45) is 11.3 Å². The summed E-state index contributed by atoms with van der Waals surface area (Å²) in [5, 5.41) is 0. The molecule has 2 saturated heterocycles. The van der Waals surface area contributed by atoms with Gasteiger partial charge in [-0.2, -0.15) is 0 Å². The molecule has 0 N–H and O–H groups in total. The molecule has 0 spiro atoms. The van der Waals surface area contributed by atoms with E-state index in [9.17, 15) is 4.79 Å². The van der Waals surface area contributed by atoms with Gasteiger partial charge in [0.05, 0.1) is 0 Å². The van der Waals surface area contributed by atoms with Crippen LogP contribution in [0.25, 0.3) is 0 Å². The SMILES string of the molecule is CC(C)(C)C(=O)N1CCC[C@H](CN2CCCCCC2)C1. The van der Waals surface area contributed by atoms with E-state index in [0.29, 0.717) is 11.8 Å². The third kappa shape index (κ3) is 4.47. The van der Waals surface area contributed by atoms with Gasteiger partial charge in [-0.15, -0.1) is 0 Å². The van der Waals surface area contributed by atoms with Gasteiger partial charge in [0.15, 0.2) is 0 Å². The van der Waals surface area contributed by atoms with Gasteiger partial charge in [0.2, 0.25) is 5.91 Å². The molecule has 0 aliphatic carbocycles. The second-order valence-electron chi connectivity index (χ2n) is 7.72. The van der Waals surface area contributed by atoms with Crippen LogP contribution in [0.5, 0.6) is 0 Å². The maximum absolute atomic E-state index is 12.4. The van der Waals surface area contributed by atoms with Gasteiger partial charge in [0, 0.05) is 25.0 Å². The van der Waals surface area contributed by atoms with E-state index < -0.39 is 0 Å². The van der Waals surface area contributed by atoms with Gasteiger partial charge in [-0.25, -0.2) is 0 Å². The van der Waals surface area contributed by atoms with E-state index >= 15 is 0 Å². The molecule has 3 nitrogen and oxygen atoms in total. The lowest BCUT2D eigenvalue weighted by Gasteiger charge is -2.38. The Balaban J connectivity index is 1.85. The number of carbonyl (C=O) groups is 1. The second-order valence-corrected chi connectivity index (χ2v) is 7.72. The van der Waals surface area contributed by atoms with Crippen LogP contribution in [0.4, 0.5) is 0 Å². The third-order valence-electron chi connectivity index (χ3n) is 4.66. The normalized spacial score (nSPS) is 26.4. The molecule has 1 atom stereocenters.